The molecule has 12 heteroatoms. The lowest BCUT2D eigenvalue weighted by atomic mass is 9.60. The maximum absolute atomic E-state index is 13.6. The molecule has 1 aromatic carbocycles. The van der Waals surface area contributed by atoms with Gasteiger partial charge >= 0.3 is 0 Å². The number of unbranched alkanes of at least 4 members (excludes halogenated alkanes) is 7. The number of nitrogens with zero attached hydrogens (tertiary/aromatic N) is 4. The second kappa shape index (κ2) is 13.1. The van der Waals surface area contributed by atoms with Crippen LogP contribution in [0.1, 0.15) is 108 Å². The Balaban J connectivity index is 1.15. The molecule has 4 heterocycles. The Bertz CT molecular complexity index is 1580. The summed E-state index contributed by atoms with van der Waals surface area (Å²) >= 11 is 6.42. The Morgan fingerprint density at radius 2 is 1.64 bits per heavy atom. The number of hydrogen-bond acceptors (Lipinski definition) is 7. The van der Waals surface area contributed by atoms with Crippen molar-refractivity contribution in [3.05, 3.63) is 40.8 Å². The predicted octanol–water partition coefficient (Wildman–Crippen LogP) is 6.13. The normalized spacial score (nSPS) is 26.2. The van der Waals surface area contributed by atoms with E-state index in [9.17, 15) is 13.2 Å². The minimum absolute atomic E-state index is 0.0232. The molecule has 2 aromatic heterocycles. The van der Waals surface area contributed by atoms with Crippen molar-refractivity contribution >= 4 is 38.7 Å². The van der Waals surface area contributed by atoms with Gasteiger partial charge in [-0.25, -0.2) is 13.4 Å². The molecule has 1 atom stereocenters. The van der Waals surface area contributed by atoms with Gasteiger partial charge in [0.25, 0.3) is 5.91 Å². The van der Waals surface area contributed by atoms with Crippen LogP contribution < -0.4 is 15.0 Å². The molecule has 1 aliphatic carbocycles. The lowest BCUT2D eigenvalue weighted by Crippen LogP contribution is -2.84. The van der Waals surface area contributed by atoms with E-state index in [2.05, 4.69) is 27.3 Å². The van der Waals surface area contributed by atoms with E-state index in [0.717, 1.165) is 55.7 Å². The molecule has 246 valence electrons. The van der Waals surface area contributed by atoms with E-state index in [-0.39, 0.29) is 23.3 Å². The van der Waals surface area contributed by atoms with Gasteiger partial charge in [-0.05, 0) is 69.7 Å². The molecule has 2 saturated heterocycles. The molecule has 3 fully saturated rings. The number of carbonyl (C=O) groups is 1. The lowest BCUT2D eigenvalue weighted by molar-refractivity contribution is -0.177. The molecule has 0 bridgehead atoms. The quantitative estimate of drug-likeness (QED) is 0.167. The smallest absolute Gasteiger partial charge is 0.267 e. The first kappa shape index (κ1) is 32.2. The molecule has 10 nitrogen and oxygen atoms in total. The van der Waals surface area contributed by atoms with Gasteiger partial charge in [-0.15, -0.1) is 5.10 Å². The first-order valence-corrected chi connectivity index (χ1v) is 19.0. The van der Waals surface area contributed by atoms with Crippen molar-refractivity contribution < 1.29 is 17.9 Å². The summed E-state index contributed by atoms with van der Waals surface area (Å²) in [6.45, 7) is 5.12. The van der Waals surface area contributed by atoms with Gasteiger partial charge in [0.05, 0.1) is 22.7 Å². The maximum atomic E-state index is 13.6. The first-order valence-electron chi connectivity index (χ1n) is 16.8. The van der Waals surface area contributed by atoms with Crippen LogP contribution >= 0.6 is 11.6 Å². The van der Waals surface area contributed by atoms with Gasteiger partial charge in [0, 0.05) is 24.7 Å². The highest BCUT2D eigenvalue weighted by Gasteiger charge is 2.68. The summed E-state index contributed by atoms with van der Waals surface area (Å²) in [5, 5.41) is 11.8. The standard InChI is InChI=1S/C33H47ClN6O4S/c1-3-4-5-6-7-8-9-10-17-33(44-27-13-11-26(12-14-27)39-20-22-45(42,43)23-21-39)31(41)36-32(33)18-15-25(16-19-32)29-35-30-28(34)24(2)37-40(30)38-29/h11-14,25,37H,3-10,15-23H2,1-2H3,(H,36,41). The van der Waals surface area contributed by atoms with Crippen LogP contribution in [0, 0.1) is 6.92 Å². The SMILES string of the molecule is CCCCCCCCCCC1(Oc2ccc(N3CCS(=O)(=O)CC3)cc2)C(=O)NC12CCC(c1nc3c(Cl)c(C)[nH]n3n1)CC2. The molecule has 45 heavy (non-hydrogen) atoms. The fourth-order valence-electron chi connectivity index (χ4n) is 7.52. The molecule has 1 spiro atoms. The third-order valence-corrected chi connectivity index (χ3v) is 12.4. The Hall–Kier alpha value is -2.79. The average molecular weight is 659 g/mol. The van der Waals surface area contributed by atoms with Crippen molar-refractivity contribution in [1.82, 2.24) is 25.1 Å². The number of halogens is 1. The molecular weight excluding hydrogens is 612 g/mol. The van der Waals surface area contributed by atoms with E-state index in [1.165, 1.54) is 38.5 Å². The number of fused-ring (bicyclic) bond motifs is 1. The number of benzene rings is 1. The summed E-state index contributed by atoms with van der Waals surface area (Å²) in [6.07, 6.45) is 13.5. The van der Waals surface area contributed by atoms with Gasteiger partial charge in [0.1, 0.15) is 10.8 Å². The Kier molecular flexibility index (Phi) is 9.39. The minimum Gasteiger partial charge on any atom is -0.475 e. The molecule has 1 saturated carbocycles. The Morgan fingerprint density at radius 1 is 1.00 bits per heavy atom. The summed E-state index contributed by atoms with van der Waals surface area (Å²) in [4.78, 5) is 20.4. The van der Waals surface area contributed by atoms with E-state index >= 15 is 0 Å². The number of sulfone groups is 1. The topological polar surface area (TPSA) is 122 Å². The zero-order valence-electron chi connectivity index (χ0n) is 26.6. The van der Waals surface area contributed by atoms with Gasteiger partial charge in [-0.1, -0.05) is 63.5 Å². The van der Waals surface area contributed by atoms with Crippen LogP contribution in [0.25, 0.3) is 5.65 Å². The molecule has 6 rings (SSSR count). The molecule has 1 amide bonds. The highest BCUT2D eigenvalue weighted by Crippen LogP contribution is 2.51. The second-order valence-corrected chi connectivity index (χ2v) is 16.0. The van der Waals surface area contributed by atoms with Crippen LogP contribution in [0.15, 0.2) is 24.3 Å². The fourth-order valence-corrected chi connectivity index (χ4v) is 8.89. The molecule has 1 unspecified atom stereocenters. The Labute approximate surface area is 271 Å². The van der Waals surface area contributed by atoms with E-state index < -0.39 is 21.0 Å². The van der Waals surface area contributed by atoms with Gasteiger partial charge in [-0.3, -0.25) is 9.89 Å². The van der Waals surface area contributed by atoms with Crippen LogP contribution in [0.4, 0.5) is 5.69 Å². The lowest BCUT2D eigenvalue weighted by Gasteiger charge is -2.60. The van der Waals surface area contributed by atoms with Crippen LogP contribution in [0.2, 0.25) is 5.02 Å². The second-order valence-electron chi connectivity index (χ2n) is 13.4. The summed E-state index contributed by atoms with van der Waals surface area (Å²) in [7, 11) is -2.95. The molecule has 2 N–H and O–H groups in total. The number of nitrogens with one attached hydrogen (secondary N) is 2. The van der Waals surface area contributed by atoms with Crippen molar-refractivity contribution in [1.29, 1.82) is 0 Å². The first-order chi connectivity index (χ1) is 21.7. The van der Waals surface area contributed by atoms with E-state index in [0.29, 0.717) is 35.9 Å². The van der Waals surface area contributed by atoms with Gasteiger partial charge in [0.15, 0.2) is 21.3 Å². The van der Waals surface area contributed by atoms with E-state index in [1.807, 2.05) is 31.2 Å². The number of ether oxygens (including phenoxy) is 1. The van der Waals surface area contributed by atoms with Crippen molar-refractivity contribution in [2.24, 2.45) is 0 Å². The largest absolute Gasteiger partial charge is 0.475 e. The molecule has 0 radical (unpaired) electrons. The number of aromatic nitrogens is 4. The molecular formula is C33H47ClN6O4S. The van der Waals surface area contributed by atoms with Crippen LogP contribution in [-0.4, -0.2) is 69.9 Å². The number of anilines is 1. The monoisotopic (exact) mass is 658 g/mol. The van der Waals surface area contributed by atoms with Crippen molar-refractivity contribution in [2.75, 3.05) is 29.5 Å². The zero-order chi connectivity index (χ0) is 31.7. The number of H-pyrrole nitrogens is 1. The fraction of sp³-hybridized carbons (Fsp3) is 0.667. The number of amides is 1. The Morgan fingerprint density at radius 3 is 2.27 bits per heavy atom. The van der Waals surface area contributed by atoms with Crippen LogP contribution in [-0.2, 0) is 14.6 Å². The van der Waals surface area contributed by atoms with Gasteiger partial charge < -0.3 is 15.0 Å². The average Bonchev–Trinajstić information content (AvgIpc) is 3.56. The maximum Gasteiger partial charge on any atom is 0.267 e. The summed E-state index contributed by atoms with van der Waals surface area (Å²) < 4.78 is 32.3. The third-order valence-electron chi connectivity index (χ3n) is 10.3. The highest BCUT2D eigenvalue weighted by atomic mass is 35.5. The number of hydrogen-bond donors (Lipinski definition) is 2. The molecule has 2 aliphatic heterocycles. The van der Waals surface area contributed by atoms with E-state index in [1.54, 1.807) is 4.63 Å². The highest BCUT2D eigenvalue weighted by molar-refractivity contribution is 7.91. The predicted molar refractivity (Wildman–Crippen MR) is 177 cm³/mol. The van der Waals surface area contributed by atoms with Crippen LogP contribution in [0.3, 0.4) is 0 Å². The van der Waals surface area contributed by atoms with Crippen molar-refractivity contribution in [2.45, 2.75) is 114 Å². The summed E-state index contributed by atoms with van der Waals surface area (Å²) in [6, 6.07) is 7.83. The van der Waals surface area contributed by atoms with E-state index in [4.69, 9.17) is 21.3 Å². The van der Waals surface area contributed by atoms with Crippen molar-refractivity contribution in [3.63, 3.8) is 0 Å². The van der Waals surface area contributed by atoms with Gasteiger partial charge in [0.2, 0.25) is 5.60 Å². The molecule has 3 aromatic rings. The minimum atomic E-state index is -2.95. The number of rotatable bonds is 13. The van der Waals surface area contributed by atoms with Crippen molar-refractivity contribution in [3.8, 4) is 5.75 Å². The number of aryl methyl sites for hydroxylation is 1. The number of β-lactam (4-membered cyclic amide) rings is 1. The number of aromatic amines is 1. The summed E-state index contributed by atoms with van der Waals surface area (Å²) in [5.74, 6) is 1.98. The zero-order valence-corrected chi connectivity index (χ0v) is 28.2. The molecule has 3 aliphatic rings. The van der Waals surface area contributed by atoms with Crippen LogP contribution in [0.5, 0.6) is 5.75 Å². The van der Waals surface area contributed by atoms with Gasteiger partial charge in [-0.2, -0.15) is 4.63 Å². The summed E-state index contributed by atoms with van der Waals surface area (Å²) in [5.41, 5.74) is 1.12. The number of carbonyl (C=O) groups excluding carboxylic acids is 1. The third kappa shape index (κ3) is 6.44.